The van der Waals surface area contributed by atoms with Crippen molar-refractivity contribution >= 4 is 10.0 Å². The molecule has 0 amide bonds. The van der Waals surface area contributed by atoms with E-state index in [1.165, 1.54) is 0 Å². The fourth-order valence-corrected chi connectivity index (χ4v) is 1.66. The van der Waals surface area contributed by atoms with Crippen LogP contribution in [0.4, 0.5) is 0 Å². The molecule has 0 saturated carbocycles. The Morgan fingerprint density at radius 2 is 2.10 bits per heavy atom. The SMILES string of the molecule is [K+].[NH-]S(=O)(=O)C1CCNC1. The molecular formula is C4H9KN2O2S. The molecule has 6 heteroatoms. The van der Waals surface area contributed by atoms with E-state index in [-0.39, 0.29) is 51.4 Å². The summed E-state index contributed by atoms with van der Waals surface area (Å²) in [6, 6.07) is 0. The van der Waals surface area contributed by atoms with Crippen molar-refractivity contribution in [3.8, 4) is 0 Å². The predicted octanol–water partition coefficient (Wildman–Crippen LogP) is -3.27. The van der Waals surface area contributed by atoms with Crippen molar-refractivity contribution in [2.24, 2.45) is 0 Å². The maximum atomic E-state index is 10.5. The third-order valence-electron chi connectivity index (χ3n) is 1.45. The number of nitrogens with one attached hydrogen (secondary N) is 2. The number of sulfonamides is 1. The summed E-state index contributed by atoms with van der Waals surface area (Å²) in [6.07, 6.45) is 0.589. The summed E-state index contributed by atoms with van der Waals surface area (Å²) in [7, 11) is -3.52. The van der Waals surface area contributed by atoms with Gasteiger partial charge in [-0.1, -0.05) is 0 Å². The first kappa shape index (κ1) is 11.5. The van der Waals surface area contributed by atoms with Crippen molar-refractivity contribution in [2.75, 3.05) is 13.1 Å². The average Bonchev–Trinajstić information content (AvgIpc) is 2.08. The minimum absolute atomic E-state index is 0. The summed E-state index contributed by atoms with van der Waals surface area (Å²) in [5.41, 5.74) is 0. The standard InChI is InChI=1S/C4H9N2O2S.K/c5-9(7,8)4-1-2-6-3-4;/h4,6H,1-3H2,(H-,5,7,8);/q-1;+1. The van der Waals surface area contributed by atoms with E-state index < -0.39 is 15.3 Å². The van der Waals surface area contributed by atoms with Gasteiger partial charge in [0, 0.05) is 6.54 Å². The normalized spacial score (nSPS) is 25.9. The average molecular weight is 188 g/mol. The molecule has 1 atom stereocenters. The summed E-state index contributed by atoms with van der Waals surface area (Å²) >= 11 is 0. The Morgan fingerprint density at radius 1 is 1.50 bits per heavy atom. The molecular weight excluding hydrogens is 179 g/mol. The van der Waals surface area contributed by atoms with Crippen molar-refractivity contribution in [1.82, 2.24) is 5.32 Å². The third-order valence-corrected chi connectivity index (χ3v) is 2.73. The topological polar surface area (TPSA) is 70.0 Å². The van der Waals surface area contributed by atoms with E-state index in [0.29, 0.717) is 13.0 Å². The van der Waals surface area contributed by atoms with Crippen LogP contribution in [0.3, 0.4) is 0 Å². The zero-order chi connectivity index (χ0) is 6.91. The fraction of sp³-hybridized carbons (Fsp3) is 1.00. The molecule has 1 aliphatic rings. The van der Waals surface area contributed by atoms with Gasteiger partial charge in [0.15, 0.2) is 0 Å². The van der Waals surface area contributed by atoms with Gasteiger partial charge in [-0.2, -0.15) is 0 Å². The largest absolute Gasteiger partial charge is 1.00 e. The summed E-state index contributed by atoms with van der Waals surface area (Å²) < 4.78 is 20.9. The summed E-state index contributed by atoms with van der Waals surface area (Å²) in [4.78, 5) is 0. The molecule has 1 saturated heterocycles. The Balaban J connectivity index is 0.000000810. The molecule has 2 N–H and O–H groups in total. The molecule has 10 heavy (non-hydrogen) atoms. The summed E-state index contributed by atoms with van der Waals surface area (Å²) in [5, 5.41) is 9.08. The molecule has 1 aliphatic heterocycles. The maximum Gasteiger partial charge on any atom is 1.00 e. The third kappa shape index (κ3) is 3.27. The van der Waals surface area contributed by atoms with Crippen molar-refractivity contribution < 1.29 is 59.8 Å². The van der Waals surface area contributed by atoms with Crippen molar-refractivity contribution in [2.45, 2.75) is 11.7 Å². The molecule has 0 spiro atoms. The first-order valence-corrected chi connectivity index (χ1v) is 4.34. The number of rotatable bonds is 1. The van der Waals surface area contributed by atoms with E-state index in [1.54, 1.807) is 0 Å². The van der Waals surface area contributed by atoms with Crippen LogP contribution in [-0.2, 0) is 10.0 Å². The van der Waals surface area contributed by atoms with Crippen LogP contribution >= 0.6 is 0 Å². The Kier molecular flexibility index (Phi) is 5.19. The van der Waals surface area contributed by atoms with Gasteiger partial charge in [0.1, 0.15) is 0 Å². The molecule has 0 aromatic rings. The first-order chi connectivity index (χ1) is 4.11. The molecule has 1 heterocycles. The molecule has 4 nitrogen and oxygen atoms in total. The van der Waals surface area contributed by atoms with Crippen LogP contribution in [-0.4, -0.2) is 26.8 Å². The molecule has 0 radical (unpaired) electrons. The minimum Gasteiger partial charge on any atom is -0.564 e. The Hall–Kier alpha value is 1.51. The van der Waals surface area contributed by atoms with Crippen molar-refractivity contribution in [1.29, 1.82) is 0 Å². The van der Waals surface area contributed by atoms with Crippen molar-refractivity contribution in [3.63, 3.8) is 0 Å². The predicted molar refractivity (Wildman–Crippen MR) is 34.5 cm³/mol. The van der Waals surface area contributed by atoms with Gasteiger partial charge >= 0.3 is 51.4 Å². The second kappa shape index (κ2) is 4.51. The Labute approximate surface area is 103 Å². The van der Waals surface area contributed by atoms with Crippen LogP contribution in [0.5, 0.6) is 0 Å². The molecule has 0 aliphatic carbocycles. The van der Waals surface area contributed by atoms with Crippen LogP contribution in [0.2, 0.25) is 0 Å². The van der Waals surface area contributed by atoms with Crippen LogP contribution in [0.25, 0.3) is 5.14 Å². The second-order valence-corrected chi connectivity index (χ2v) is 3.92. The van der Waals surface area contributed by atoms with E-state index in [0.717, 1.165) is 6.54 Å². The van der Waals surface area contributed by atoms with Gasteiger partial charge in [0.05, 0.1) is 15.3 Å². The van der Waals surface area contributed by atoms with Crippen LogP contribution in [0.1, 0.15) is 6.42 Å². The van der Waals surface area contributed by atoms with Crippen LogP contribution < -0.4 is 56.7 Å². The zero-order valence-electron chi connectivity index (χ0n) is 5.92. The minimum atomic E-state index is -3.52. The molecule has 1 rings (SSSR count). The molecule has 0 aromatic carbocycles. The molecule has 1 fully saturated rings. The number of hydrogen-bond donors (Lipinski definition) is 1. The van der Waals surface area contributed by atoms with Crippen molar-refractivity contribution in [3.05, 3.63) is 5.14 Å². The molecule has 0 aromatic heterocycles. The molecule has 1 unspecified atom stereocenters. The van der Waals surface area contributed by atoms with Gasteiger partial charge in [0.2, 0.25) is 0 Å². The van der Waals surface area contributed by atoms with Gasteiger partial charge in [-0.25, -0.2) is 8.42 Å². The van der Waals surface area contributed by atoms with Gasteiger partial charge in [0.25, 0.3) is 0 Å². The van der Waals surface area contributed by atoms with E-state index >= 15 is 0 Å². The van der Waals surface area contributed by atoms with Gasteiger partial charge in [-0.05, 0) is 13.0 Å². The van der Waals surface area contributed by atoms with Gasteiger partial charge in [-0.15, -0.1) is 0 Å². The molecule has 54 valence electrons. The number of hydrogen-bond acceptors (Lipinski definition) is 3. The quantitative estimate of drug-likeness (QED) is 0.439. The fourth-order valence-electron chi connectivity index (χ4n) is 0.893. The van der Waals surface area contributed by atoms with Crippen LogP contribution in [0, 0.1) is 0 Å². The van der Waals surface area contributed by atoms with E-state index in [2.05, 4.69) is 5.32 Å². The maximum absolute atomic E-state index is 10.5. The van der Waals surface area contributed by atoms with E-state index in [4.69, 9.17) is 5.14 Å². The zero-order valence-corrected chi connectivity index (χ0v) is 9.86. The Bertz CT molecular complexity index is 185. The molecule has 0 bridgehead atoms. The summed E-state index contributed by atoms with van der Waals surface area (Å²) in [5.74, 6) is 0. The monoisotopic (exact) mass is 188 g/mol. The van der Waals surface area contributed by atoms with E-state index in [9.17, 15) is 8.42 Å². The van der Waals surface area contributed by atoms with E-state index in [1.807, 2.05) is 0 Å². The smallest absolute Gasteiger partial charge is 0.564 e. The summed E-state index contributed by atoms with van der Waals surface area (Å²) in [6.45, 7) is 1.18. The van der Waals surface area contributed by atoms with Crippen LogP contribution in [0.15, 0.2) is 0 Å². The van der Waals surface area contributed by atoms with Gasteiger partial charge < -0.3 is 10.5 Å². The second-order valence-electron chi connectivity index (χ2n) is 2.16. The first-order valence-electron chi connectivity index (χ1n) is 2.80. The van der Waals surface area contributed by atoms with Gasteiger partial charge in [-0.3, -0.25) is 0 Å². The Morgan fingerprint density at radius 3 is 2.30 bits per heavy atom.